The summed E-state index contributed by atoms with van der Waals surface area (Å²) in [5.41, 5.74) is 11.2. The average Bonchev–Trinajstić information content (AvgIpc) is 2.58. The Kier molecular flexibility index (Phi) is 5.40. The van der Waals surface area contributed by atoms with Gasteiger partial charge in [0.15, 0.2) is 0 Å². The van der Waals surface area contributed by atoms with Gasteiger partial charge in [0, 0.05) is 12.1 Å². The van der Waals surface area contributed by atoms with E-state index in [9.17, 15) is 0 Å². The van der Waals surface area contributed by atoms with Gasteiger partial charge in [-0.05, 0) is 25.7 Å². The van der Waals surface area contributed by atoms with Gasteiger partial charge in [-0.15, -0.1) is 0 Å². The van der Waals surface area contributed by atoms with Gasteiger partial charge in [0.2, 0.25) is 0 Å². The third kappa shape index (κ3) is 5.27. The molecule has 0 bridgehead atoms. The molecule has 0 spiro atoms. The summed E-state index contributed by atoms with van der Waals surface area (Å²) in [7, 11) is 0. The van der Waals surface area contributed by atoms with E-state index in [-0.39, 0.29) is 0 Å². The molecule has 2 fully saturated rings. The van der Waals surface area contributed by atoms with Gasteiger partial charge in [0.05, 0.1) is 0 Å². The Hall–Kier alpha value is -0.0800. The fraction of sp³-hybridized carbons (Fsp3) is 1.00. The molecule has 2 heteroatoms. The van der Waals surface area contributed by atoms with Crippen LogP contribution in [0.3, 0.4) is 0 Å². The van der Waals surface area contributed by atoms with Crippen LogP contribution >= 0.6 is 0 Å². The lowest BCUT2D eigenvalue weighted by Gasteiger charge is -2.15. The standard InChI is InChI=1S/C6H13N.C5H11N/c7-6-4-2-1-3-5-6;6-5-3-1-2-4-5/h6H,1-5,7H2;5H,1-4,6H2. The third-order valence-electron chi connectivity index (χ3n) is 3.05. The van der Waals surface area contributed by atoms with Crippen molar-refractivity contribution in [3.63, 3.8) is 0 Å². The molecule has 4 N–H and O–H groups in total. The van der Waals surface area contributed by atoms with Crippen molar-refractivity contribution in [1.29, 1.82) is 0 Å². The van der Waals surface area contributed by atoms with Crippen LogP contribution in [0.25, 0.3) is 0 Å². The molecular weight excluding hydrogens is 160 g/mol. The van der Waals surface area contributed by atoms with E-state index in [1.165, 1.54) is 57.8 Å². The fourth-order valence-corrected chi connectivity index (χ4v) is 2.09. The normalized spacial score (nSPS) is 25.4. The van der Waals surface area contributed by atoms with Crippen molar-refractivity contribution < 1.29 is 0 Å². The second-order valence-corrected chi connectivity index (χ2v) is 4.44. The Morgan fingerprint density at radius 3 is 1.08 bits per heavy atom. The highest BCUT2D eigenvalue weighted by molar-refractivity contribution is 4.68. The monoisotopic (exact) mass is 184 g/mol. The lowest BCUT2D eigenvalue weighted by molar-refractivity contribution is 0.441. The van der Waals surface area contributed by atoms with Crippen molar-refractivity contribution >= 4 is 0 Å². The Labute approximate surface area is 82.1 Å². The molecule has 2 aliphatic carbocycles. The number of hydrogen-bond acceptors (Lipinski definition) is 2. The minimum Gasteiger partial charge on any atom is -0.328 e. The van der Waals surface area contributed by atoms with Crippen molar-refractivity contribution in [1.82, 2.24) is 0 Å². The van der Waals surface area contributed by atoms with Crippen molar-refractivity contribution in [2.24, 2.45) is 11.5 Å². The second-order valence-electron chi connectivity index (χ2n) is 4.44. The summed E-state index contributed by atoms with van der Waals surface area (Å²) in [5.74, 6) is 0. The largest absolute Gasteiger partial charge is 0.328 e. The lowest BCUT2D eigenvalue weighted by atomic mass is 9.97. The van der Waals surface area contributed by atoms with Gasteiger partial charge < -0.3 is 11.5 Å². The molecule has 2 aliphatic rings. The number of rotatable bonds is 0. The third-order valence-corrected chi connectivity index (χ3v) is 3.05. The van der Waals surface area contributed by atoms with Crippen LogP contribution in [-0.4, -0.2) is 12.1 Å². The zero-order valence-corrected chi connectivity index (χ0v) is 8.67. The van der Waals surface area contributed by atoms with E-state index in [4.69, 9.17) is 11.5 Å². The first kappa shape index (κ1) is 11.0. The minimum atomic E-state index is 0.536. The van der Waals surface area contributed by atoms with Crippen LogP contribution in [0.15, 0.2) is 0 Å². The quantitative estimate of drug-likeness (QED) is 0.606. The Morgan fingerprint density at radius 1 is 0.538 bits per heavy atom. The van der Waals surface area contributed by atoms with Crippen LogP contribution < -0.4 is 11.5 Å². The molecule has 78 valence electrons. The molecule has 0 aromatic rings. The average molecular weight is 184 g/mol. The Bertz CT molecular complexity index is 113. The first-order chi connectivity index (χ1) is 6.29. The summed E-state index contributed by atoms with van der Waals surface area (Å²) in [6.45, 7) is 0. The van der Waals surface area contributed by atoms with E-state index in [1.54, 1.807) is 0 Å². The zero-order valence-electron chi connectivity index (χ0n) is 8.67. The van der Waals surface area contributed by atoms with Crippen molar-refractivity contribution in [3.05, 3.63) is 0 Å². The fourth-order valence-electron chi connectivity index (χ4n) is 2.09. The summed E-state index contributed by atoms with van der Waals surface area (Å²) < 4.78 is 0. The first-order valence-electron chi connectivity index (χ1n) is 5.80. The Balaban J connectivity index is 0.000000132. The molecule has 0 amide bonds. The van der Waals surface area contributed by atoms with Crippen LogP contribution in [0.1, 0.15) is 57.8 Å². The van der Waals surface area contributed by atoms with Gasteiger partial charge in [0.25, 0.3) is 0 Å². The molecule has 0 unspecified atom stereocenters. The van der Waals surface area contributed by atoms with Gasteiger partial charge in [0.1, 0.15) is 0 Å². The van der Waals surface area contributed by atoms with Crippen LogP contribution in [0.5, 0.6) is 0 Å². The topological polar surface area (TPSA) is 52.0 Å². The predicted octanol–water partition coefficient (Wildman–Crippen LogP) is 2.17. The van der Waals surface area contributed by atoms with Gasteiger partial charge in [-0.2, -0.15) is 0 Å². The lowest BCUT2D eigenvalue weighted by Crippen LogP contribution is -2.22. The molecule has 0 radical (unpaired) electrons. The predicted molar refractivity (Wildman–Crippen MR) is 57.5 cm³/mol. The molecule has 13 heavy (non-hydrogen) atoms. The maximum Gasteiger partial charge on any atom is 0.00388 e. The summed E-state index contributed by atoms with van der Waals surface area (Å²) in [6, 6.07) is 1.08. The molecule has 2 rings (SSSR count). The van der Waals surface area contributed by atoms with Gasteiger partial charge >= 0.3 is 0 Å². The highest BCUT2D eigenvalue weighted by atomic mass is 14.6. The molecule has 0 aliphatic heterocycles. The van der Waals surface area contributed by atoms with E-state index >= 15 is 0 Å². The van der Waals surface area contributed by atoms with E-state index in [2.05, 4.69) is 0 Å². The summed E-state index contributed by atoms with van der Waals surface area (Å²) in [5, 5.41) is 0. The summed E-state index contributed by atoms with van der Waals surface area (Å²) >= 11 is 0. The van der Waals surface area contributed by atoms with Gasteiger partial charge in [-0.25, -0.2) is 0 Å². The smallest absolute Gasteiger partial charge is 0.00388 e. The number of nitrogens with two attached hydrogens (primary N) is 2. The Morgan fingerprint density at radius 2 is 0.846 bits per heavy atom. The SMILES string of the molecule is NC1CCCC1.NC1CCCCC1. The minimum absolute atomic E-state index is 0.536. The van der Waals surface area contributed by atoms with Crippen molar-refractivity contribution in [2.45, 2.75) is 69.9 Å². The van der Waals surface area contributed by atoms with E-state index in [1.807, 2.05) is 0 Å². The second kappa shape index (κ2) is 6.39. The maximum atomic E-state index is 5.63. The van der Waals surface area contributed by atoms with Crippen LogP contribution in [0, 0.1) is 0 Å². The van der Waals surface area contributed by atoms with Crippen LogP contribution in [0.4, 0.5) is 0 Å². The highest BCUT2D eigenvalue weighted by Gasteiger charge is 2.07. The molecule has 0 saturated heterocycles. The van der Waals surface area contributed by atoms with Crippen molar-refractivity contribution in [2.75, 3.05) is 0 Å². The molecule has 2 nitrogen and oxygen atoms in total. The molecule has 0 atom stereocenters. The maximum absolute atomic E-state index is 5.63. The highest BCUT2D eigenvalue weighted by Crippen LogP contribution is 2.15. The van der Waals surface area contributed by atoms with E-state index in [0.29, 0.717) is 12.1 Å². The summed E-state index contributed by atoms with van der Waals surface area (Å²) in [4.78, 5) is 0. The van der Waals surface area contributed by atoms with E-state index in [0.717, 1.165) is 0 Å². The zero-order chi connectivity index (χ0) is 9.52. The van der Waals surface area contributed by atoms with Crippen LogP contribution in [-0.2, 0) is 0 Å². The van der Waals surface area contributed by atoms with Gasteiger partial charge in [-0.3, -0.25) is 0 Å². The molecular formula is C11H24N2. The molecule has 0 aromatic carbocycles. The molecule has 2 saturated carbocycles. The first-order valence-corrected chi connectivity index (χ1v) is 5.80. The van der Waals surface area contributed by atoms with E-state index < -0.39 is 0 Å². The number of hydrogen-bond donors (Lipinski definition) is 2. The van der Waals surface area contributed by atoms with Crippen LogP contribution in [0.2, 0.25) is 0 Å². The molecule has 0 aromatic heterocycles. The summed E-state index contributed by atoms with van der Waals surface area (Å²) in [6.07, 6.45) is 11.9. The molecule has 0 heterocycles. The van der Waals surface area contributed by atoms with Crippen molar-refractivity contribution in [3.8, 4) is 0 Å². The van der Waals surface area contributed by atoms with Gasteiger partial charge in [-0.1, -0.05) is 32.1 Å².